The normalized spacial score (nSPS) is 11.6. The van der Waals surface area contributed by atoms with Gasteiger partial charge in [0.05, 0.1) is 29.8 Å². The SMILES string of the molecule is CCCC(=O)NCCCOc1ccc(-c2ccc3ncc(-c4cnc(N)c(C(F)(F)F)c4)n3n2)cc1. The largest absolute Gasteiger partial charge is 0.494 e. The number of pyridine rings is 1. The lowest BCUT2D eigenvalue weighted by atomic mass is 10.1. The fourth-order valence-electron chi connectivity index (χ4n) is 3.59. The van der Waals surface area contributed by atoms with Gasteiger partial charge >= 0.3 is 6.18 Å². The molecule has 0 saturated carbocycles. The average Bonchev–Trinajstić information content (AvgIpc) is 3.27. The zero-order chi connectivity index (χ0) is 25.7. The molecule has 188 valence electrons. The minimum Gasteiger partial charge on any atom is -0.494 e. The molecule has 36 heavy (non-hydrogen) atoms. The summed E-state index contributed by atoms with van der Waals surface area (Å²) in [5.41, 5.74) is 6.85. The van der Waals surface area contributed by atoms with E-state index in [2.05, 4.69) is 20.4 Å². The van der Waals surface area contributed by atoms with Gasteiger partial charge in [0.2, 0.25) is 5.91 Å². The monoisotopic (exact) mass is 498 g/mol. The van der Waals surface area contributed by atoms with Crippen LogP contribution in [0.3, 0.4) is 0 Å². The van der Waals surface area contributed by atoms with Crippen molar-refractivity contribution < 1.29 is 22.7 Å². The van der Waals surface area contributed by atoms with Crippen LogP contribution in [-0.2, 0) is 11.0 Å². The van der Waals surface area contributed by atoms with Crippen LogP contribution >= 0.6 is 0 Å². The highest BCUT2D eigenvalue weighted by molar-refractivity contribution is 5.75. The van der Waals surface area contributed by atoms with Gasteiger partial charge in [-0.2, -0.15) is 18.3 Å². The number of halogens is 3. The van der Waals surface area contributed by atoms with Crippen molar-refractivity contribution >= 4 is 17.4 Å². The van der Waals surface area contributed by atoms with Gasteiger partial charge in [0.1, 0.15) is 11.6 Å². The predicted molar refractivity (Wildman–Crippen MR) is 129 cm³/mol. The summed E-state index contributed by atoms with van der Waals surface area (Å²) < 4.78 is 47.1. The number of carbonyl (C=O) groups is 1. The highest BCUT2D eigenvalue weighted by Gasteiger charge is 2.34. The molecule has 0 unspecified atom stereocenters. The molecule has 4 rings (SSSR count). The lowest BCUT2D eigenvalue weighted by Gasteiger charge is -2.11. The Labute approximate surface area is 205 Å². The quantitative estimate of drug-likeness (QED) is 0.323. The third-order valence-electron chi connectivity index (χ3n) is 5.42. The van der Waals surface area contributed by atoms with Gasteiger partial charge < -0.3 is 15.8 Å². The summed E-state index contributed by atoms with van der Waals surface area (Å²) >= 11 is 0. The molecule has 1 amide bonds. The summed E-state index contributed by atoms with van der Waals surface area (Å²) in [6.45, 7) is 2.98. The predicted octanol–water partition coefficient (Wildman–Crippen LogP) is 4.74. The van der Waals surface area contributed by atoms with Crippen LogP contribution in [-0.4, -0.2) is 38.6 Å². The molecule has 11 heteroatoms. The van der Waals surface area contributed by atoms with Gasteiger partial charge in [0, 0.05) is 30.3 Å². The number of rotatable bonds is 9. The number of imidazole rings is 1. The Kier molecular flexibility index (Phi) is 7.37. The van der Waals surface area contributed by atoms with Crippen molar-refractivity contribution in [1.82, 2.24) is 24.9 Å². The van der Waals surface area contributed by atoms with E-state index in [1.807, 2.05) is 31.2 Å². The van der Waals surface area contributed by atoms with Gasteiger partial charge in [-0.15, -0.1) is 0 Å². The maximum atomic E-state index is 13.3. The molecule has 0 fully saturated rings. The van der Waals surface area contributed by atoms with Gasteiger partial charge in [-0.3, -0.25) is 4.79 Å². The Bertz CT molecular complexity index is 1350. The van der Waals surface area contributed by atoms with Crippen LogP contribution in [0, 0.1) is 0 Å². The smallest absolute Gasteiger partial charge is 0.419 e. The fraction of sp³-hybridized carbons (Fsp3) is 0.280. The lowest BCUT2D eigenvalue weighted by Crippen LogP contribution is -2.24. The van der Waals surface area contributed by atoms with Crippen molar-refractivity contribution in [3.05, 3.63) is 60.4 Å². The lowest BCUT2D eigenvalue weighted by molar-refractivity contribution is -0.137. The number of aromatic nitrogens is 4. The molecule has 3 N–H and O–H groups in total. The van der Waals surface area contributed by atoms with E-state index >= 15 is 0 Å². The topological polar surface area (TPSA) is 107 Å². The van der Waals surface area contributed by atoms with E-state index in [0.29, 0.717) is 48.8 Å². The van der Waals surface area contributed by atoms with Gasteiger partial charge in [-0.1, -0.05) is 6.92 Å². The number of nitrogens with zero attached hydrogens (tertiary/aromatic N) is 4. The Balaban J connectivity index is 1.48. The molecule has 8 nitrogen and oxygen atoms in total. The maximum absolute atomic E-state index is 13.3. The number of hydrogen-bond acceptors (Lipinski definition) is 6. The number of nitrogens with one attached hydrogen (secondary N) is 1. The molecule has 0 atom stereocenters. The highest BCUT2D eigenvalue weighted by atomic mass is 19.4. The van der Waals surface area contributed by atoms with E-state index in [1.165, 1.54) is 16.9 Å². The van der Waals surface area contributed by atoms with Crippen LogP contribution in [0.15, 0.2) is 54.9 Å². The van der Waals surface area contributed by atoms with E-state index in [1.54, 1.807) is 12.1 Å². The highest BCUT2D eigenvalue weighted by Crippen LogP contribution is 2.35. The number of carbonyl (C=O) groups excluding carboxylic acids is 1. The average molecular weight is 499 g/mol. The van der Waals surface area contributed by atoms with Crippen LogP contribution < -0.4 is 15.8 Å². The fourth-order valence-corrected chi connectivity index (χ4v) is 3.59. The third kappa shape index (κ3) is 5.73. The summed E-state index contributed by atoms with van der Waals surface area (Å²) in [6.07, 6.45) is 0.114. The molecule has 3 heterocycles. The third-order valence-corrected chi connectivity index (χ3v) is 5.42. The van der Waals surface area contributed by atoms with Crippen LogP contribution in [0.5, 0.6) is 5.75 Å². The first-order valence-electron chi connectivity index (χ1n) is 11.4. The van der Waals surface area contributed by atoms with Crippen LogP contribution in [0.1, 0.15) is 31.7 Å². The van der Waals surface area contributed by atoms with E-state index in [9.17, 15) is 18.0 Å². The van der Waals surface area contributed by atoms with E-state index in [4.69, 9.17) is 10.5 Å². The first kappa shape index (κ1) is 25.0. The minimum atomic E-state index is -4.63. The first-order chi connectivity index (χ1) is 17.3. The Hall–Kier alpha value is -4.15. The molecule has 0 aliphatic carbocycles. The number of anilines is 1. The van der Waals surface area contributed by atoms with E-state index in [0.717, 1.165) is 18.1 Å². The van der Waals surface area contributed by atoms with Crippen LogP contribution in [0.4, 0.5) is 19.0 Å². The molecule has 0 bridgehead atoms. The van der Waals surface area contributed by atoms with Gasteiger partial charge in [0.15, 0.2) is 5.65 Å². The molecule has 1 aromatic carbocycles. The van der Waals surface area contributed by atoms with Crippen LogP contribution in [0.25, 0.3) is 28.2 Å². The van der Waals surface area contributed by atoms with Crippen molar-refractivity contribution in [3.8, 4) is 28.3 Å². The number of nitrogens with two attached hydrogens (primary N) is 1. The van der Waals surface area contributed by atoms with Crippen molar-refractivity contribution in [2.75, 3.05) is 18.9 Å². The Morgan fingerprint density at radius 3 is 2.58 bits per heavy atom. The first-order valence-corrected chi connectivity index (χ1v) is 11.4. The summed E-state index contributed by atoms with van der Waals surface area (Å²) in [4.78, 5) is 19.4. The zero-order valence-corrected chi connectivity index (χ0v) is 19.5. The number of amides is 1. The van der Waals surface area contributed by atoms with Crippen molar-refractivity contribution in [1.29, 1.82) is 0 Å². The molecule has 4 aromatic rings. The van der Waals surface area contributed by atoms with E-state index in [-0.39, 0.29) is 11.5 Å². The summed E-state index contributed by atoms with van der Waals surface area (Å²) in [6, 6.07) is 11.8. The number of benzene rings is 1. The van der Waals surface area contributed by atoms with E-state index < -0.39 is 17.6 Å². The zero-order valence-electron chi connectivity index (χ0n) is 19.5. The maximum Gasteiger partial charge on any atom is 0.419 e. The van der Waals surface area contributed by atoms with Crippen molar-refractivity contribution in [3.63, 3.8) is 0 Å². The number of ether oxygens (including phenoxy) is 1. The van der Waals surface area contributed by atoms with Crippen molar-refractivity contribution in [2.45, 2.75) is 32.4 Å². The Morgan fingerprint density at radius 1 is 1.08 bits per heavy atom. The second-order valence-corrected chi connectivity index (χ2v) is 8.11. The van der Waals surface area contributed by atoms with Gasteiger partial charge in [-0.05, 0) is 55.3 Å². The molecule has 0 radical (unpaired) electrons. The number of hydrogen-bond donors (Lipinski definition) is 2. The number of alkyl halides is 3. The standard InChI is InChI=1S/C25H25F3N6O2/c1-2-4-23(35)30-11-3-12-36-18-7-5-16(6-8-18)20-9-10-22-31-15-21(34(22)33-20)17-13-19(25(26,27)28)24(29)32-14-17/h5-10,13-15H,2-4,11-12H2,1H3,(H2,29,32)(H,30,35). The molecular weight excluding hydrogens is 473 g/mol. The Morgan fingerprint density at radius 2 is 1.86 bits per heavy atom. The summed E-state index contributed by atoms with van der Waals surface area (Å²) in [5.74, 6) is 0.133. The van der Waals surface area contributed by atoms with Gasteiger partial charge in [0.25, 0.3) is 0 Å². The molecule has 0 saturated heterocycles. The number of fused-ring (bicyclic) bond motifs is 1. The summed E-state index contributed by atoms with van der Waals surface area (Å²) in [7, 11) is 0. The molecular formula is C25H25F3N6O2. The molecule has 0 aliphatic rings. The molecule has 0 spiro atoms. The van der Waals surface area contributed by atoms with Crippen molar-refractivity contribution in [2.24, 2.45) is 0 Å². The molecule has 3 aromatic heterocycles. The van der Waals surface area contributed by atoms with Gasteiger partial charge in [-0.25, -0.2) is 14.5 Å². The minimum absolute atomic E-state index is 0.0424. The molecule has 0 aliphatic heterocycles. The second-order valence-electron chi connectivity index (χ2n) is 8.11. The number of nitrogen functional groups attached to an aromatic ring is 1. The van der Waals surface area contributed by atoms with Crippen LogP contribution in [0.2, 0.25) is 0 Å². The summed E-state index contributed by atoms with van der Waals surface area (Å²) in [5, 5.41) is 7.42. The second kappa shape index (κ2) is 10.6.